The second kappa shape index (κ2) is 11.3. The van der Waals surface area contributed by atoms with E-state index in [9.17, 15) is 9.59 Å². The van der Waals surface area contributed by atoms with E-state index in [0.29, 0.717) is 16.3 Å². The fraction of sp³-hybridized carbons (Fsp3) is 0.143. The molecule has 0 atom stereocenters. The zero-order valence-corrected chi connectivity index (χ0v) is 21.7. The van der Waals surface area contributed by atoms with Crippen LogP contribution in [-0.4, -0.2) is 25.1 Å². The molecule has 0 aliphatic carbocycles. The first kappa shape index (κ1) is 24.7. The third-order valence-electron chi connectivity index (χ3n) is 5.28. The molecule has 4 rings (SSSR count). The molecule has 4 aromatic rings. The minimum atomic E-state index is -0.472. The van der Waals surface area contributed by atoms with Crippen molar-refractivity contribution in [3.05, 3.63) is 93.8 Å². The van der Waals surface area contributed by atoms with E-state index in [1.54, 1.807) is 6.92 Å². The fourth-order valence-corrected chi connectivity index (χ4v) is 5.00. The van der Waals surface area contributed by atoms with Crippen LogP contribution in [0.25, 0.3) is 22.3 Å². The molecule has 0 saturated heterocycles. The first-order valence-electron chi connectivity index (χ1n) is 11.1. The second-order valence-corrected chi connectivity index (χ2v) is 9.52. The van der Waals surface area contributed by atoms with E-state index in [1.807, 2.05) is 85.1 Å². The number of aryl methyl sites for hydroxylation is 1. The Balaban J connectivity index is 1.48. The molecule has 3 aromatic carbocycles. The normalized spacial score (nSPS) is 10.6. The number of hydrogen-bond acceptors (Lipinski definition) is 5. The Labute approximate surface area is 216 Å². The average molecular weight is 550 g/mol. The minimum Gasteiger partial charge on any atom is -0.483 e. The Kier molecular flexibility index (Phi) is 8.00. The van der Waals surface area contributed by atoms with Crippen LogP contribution in [0, 0.1) is 6.92 Å². The predicted octanol–water partition coefficient (Wildman–Crippen LogP) is 7.35. The van der Waals surface area contributed by atoms with Crippen molar-refractivity contribution in [3.8, 4) is 28.0 Å². The highest BCUT2D eigenvalue weighted by atomic mass is 79.9. The van der Waals surface area contributed by atoms with E-state index in [1.165, 1.54) is 11.3 Å². The molecule has 1 amide bonds. The van der Waals surface area contributed by atoms with E-state index in [4.69, 9.17) is 9.47 Å². The van der Waals surface area contributed by atoms with Crippen LogP contribution in [0.2, 0.25) is 0 Å². The second-order valence-electron chi connectivity index (χ2n) is 7.79. The molecule has 0 bridgehead atoms. The molecule has 0 saturated carbocycles. The summed E-state index contributed by atoms with van der Waals surface area (Å²) in [6.45, 7) is 3.79. The van der Waals surface area contributed by atoms with Crippen LogP contribution in [0.4, 0.5) is 5.00 Å². The molecule has 1 aromatic heterocycles. The smallest absolute Gasteiger partial charge is 0.341 e. The van der Waals surface area contributed by atoms with Crippen LogP contribution >= 0.6 is 27.3 Å². The SMILES string of the molecule is CCOC(=O)c1c(-c2ccc(C)cc2)csc1NC(=O)COc1ccc(-c2ccccc2)cc1Br. The Morgan fingerprint density at radius 1 is 0.943 bits per heavy atom. The molecule has 7 heteroatoms. The summed E-state index contributed by atoms with van der Waals surface area (Å²) in [5, 5.41) is 5.11. The Morgan fingerprint density at radius 2 is 1.66 bits per heavy atom. The third kappa shape index (κ3) is 5.99. The molecule has 0 unspecified atom stereocenters. The van der Waals surface area contributed by atoms with E-state index in [-0.39, 0.29) is 19.1 Å². The maximum atomic E-state index is 12.7. The lowest BCUT2D eigenvalue weighted by molar-refractivity contribution is -0.118. The van der Waals surface area contributed by atoms with Gasteiger partial charge < -0.3 is 14.8 Å². The lowest BCUT2D eigenvalue weighted by atomic mass is 10.0. The number of anilines is 1. The number of thiophene rings is 1. The van der Waals surface area contributed by atoms with Gasteiger partial charge in [-0.2, -0.15) is 0 Å². The molecule has 5 nitrogen and oxygen atoms in total. The van der Waals surface area contributed by atoms with Crippen molar-refractivity contribution in [1.29, 1.82) is 0 Å². The number of halogens is 1. The number of rotatable bonds is 8. The van der Waals surface area contributed by atoms with Gasteiger partial charge in [0.25, 0.3) is 5.91 Å². The number of hydrogen-bond donors (Lipinski definition) is 1. The van der Waals surface area contributed by atoms with E-state index >= 15 is 0 Å². The van der Waals surface area contributed by atoms with Gasteiger partial charge in [-0.25, -0.2) is 4.79 Å². The summed E-state index contributed by atoms with van der Waals surface area (Å²) in [4.78, 5) is 25.4. The first-order valence-corrected chi connectivity index (χ1v) is 12.8. The fourth-order valence-electron chi connectivity index (χ4n) is 3.54. The maximum absolute atomic E-state index is 12.7. The van der Waals surface area contributed by atoms with Gasteiger partial charge in [-0.15, -0.1) is 11.3 Å². The topological polar surface area (TPSA) is 64.6 Å². The van der Waals surface area contributed by atoms with E-state index < -0.39 is 5.97 Å². The maximum Gasteiger partial charge on any atom is 0.341 e. The first-order chi connectivity index (χ1) is 17.0. The molecular weight excluding hydrogens is 526 g/mol. The molecule has 0 fully saturated rings. The van der Waals surface area contributed by atoms with Gasteiger partial charge in [-0.3, -0.25) is 4.79 Å². The monoisotopic (exact) mass is 549 g/mol. The zero-order valence-electron chi connectivity index (χ0n) is 19.3. The molecule has 1 heterocycles. The van der Waals surface area contributed by atoms with Gasteiger partial charge in [0.05, 0.1) is 11.1 Å². The van der Waals surface area contributed by atoms with E-state index in [2.05, 4.69) is 21.2 Å². The van der Waals surface area contributed by atoms with Crippen LogP contribution in [-0.2, 0) is 9.53 Å². The summed E-state index contributed by atoms with van der Waals surface area (Å²) in [5.41, 5.74) is 5.21. The number of esters is 1. The predicted molar refractivity (Wildman–Crippen MR) is 144 cm³/mol. The lowest BCUT2D eigenvalue weighted by Gasteiger charge is -2.11. The summed E-state index contributed by atoms with van der Waals surface area (Å²) in [7, 11) is 0. The van der Waals surface area contributed by atoms with Crippen LogP contribution in [0.5, 0.6) is 5.75 Å². The van der Waals surface area contributed by atoms with Gasteiger partial charge in [0, 0.05) is 10.9 Å². The van der Waals surface area contributed by atoms with Crippen molar-refractivity contribution >= 4 is 44.1 Å². The van der Waals surface area contributed by atoms with Gasteiger partial charge in [-0.1, -0.05) is 66.2 Å². The van der Waals surface area contributed by atoms with Gasteiger partial charge in [0.2, 0.25) is 0 Å². The Bertz CT molecular complexity index is 1330. The summed E-state index contributed by atoms with van der Waals surface area (Å²) < 4.78 is 11.8. The van der Waals surface area contributed by atoms with E-state index in [0.717, 1.165) is 32.3 Å². The summed E-state index contributed by atoms with van der Waals surface area (Å²) in [5.74, 6) is -0.288. The largest absolute Gasteiger partial charge is 0.483 e. The number of nitrogens with one attached hydrogen (secondary N) is 1. The van der Waals surface area contributed by atoms with Crippen molar-refractivity contribution in [2.24, 2.45) is 0 Å². The molecule has 0 aliphatic rings. The van der Waals surface area contributed by atoms with Crippen LogP contribution in [0.15, 0.2) is 82.6 Å². The number of amides is 1. The number of carbonyl (C=O) groups is 2. The van der Waals surface area contributed by atoms with Crippen molar-refractivity contribution in [3.63, 3.8) is 0 Å². The highest BCUT2D eigenvalue weighted by Gasteiger charge is 2.23. The standard InChI is InChI=1S/C28H24BrNO4S/c1-3-33-28(32)26-22(20-11-9-18(2)10-12-20)17-35-27(26)30-25(31)16-34-24-14-13-21(15-23(24)29)19-7-5-4-6-8-19/h4-15,17H,3,16H2,1-2H3,(H,30,31). The summed E-state index contributed by atoms with van der Waals surface area (Å²) >= 11 is 4.81. The van der Waals surface area contributed by atoms with Crippen LogP contribution < -0.4 is 10.1 Å². The quantitative estimate of drug-likeness (QED) is 0.233. The molecule has 1 N–H and O–H groups in total. The molecule has 0 spiro atoms. The number of benzene rings is 3. The Hall–Kier alpha value is -3.42. The zero-order chi connectivity index (χ0) is 24.8. The molecule has 0 aliphatic heterocycles. The minimum absolute atomic E-state index is 0.205. The Morgan fingerprint density at radius 3 is 2.34 bits per heavy atom. The van der Waals surface area contributed by atoms with Crippen LogP contribution in [0.1, 0.15) is 22.8 Å². The van der Waals surface area contributed by atoms with Crippen molar-refractivity contribution in [2.45, 2.75) is 13.8 Å². The van der Waals surface area contributed by atoms with Gasteiger partial charge in [0.1, 0.15) is 16.3 Å². The van der Waals surface area contributed by atoms with Gasteiger partial charge >= 0.3 is 5.97 Å². The van der Waals surface area contributed by atoms with Gasteiger partial charge in [0.15, 0.2) is 6.61 Å². The van der Waals surface area contributed by atoms with Crippen molar-refractivity contribution in [1.82, 2.24) is 0 Å². The highest BCUT2D eigenvalue weighted by Crippen LogP contribution is 2.36. The average Bonchev–Trinajstić information content (AvgIpc) is 3.28. The third-order valence-corrected chi connectivity index (χ3v) is 6.80. The molecule has 0 radical (unpaired) electrons. The summed E-state index contributed by atoms with van der Waals surface area (Å²) in [6, 6.07) is 23.6. The molecular formula is C28H24BrNO4S. The van der Waals surface area contributed by atoms with Crippen molar-refractivity contribution < 1.29 is 19.1 Å². The number of ether oxygens (including phenoxy) is 2. The summed E-state index contributed by atoms with van der Waals surface area (Å²) in [6.07, 6.45) is 0. The molecule has 178 valence electrons. The lowest BCUT2D eigenvalue weighted by Crippen LogP contribution is -2.21. The highest BCUT2D eigenvalue weighted by molar-refractivity contribution is 9.10. The van der Waals surface area contributed by atoms with Gasteiger partial charge in [-0.05, 0) is 58.6 Å². The number of carbonyl (C=O) groups excluding carboxylic acids is 2. The van der Waals surface area contributed by atoms with Crippen molar-refractivity contribution in [2.75, 3.05) is 18.5 Å². The van der Waals surface area contributed by atoms with Crippen LogP contribution in [0.3, 0.4) is 0 Å². The molecule has 35 heavy (non-hydrogen) atoms.